The van der Waals surface area contributed by atoms with Crippen LogP contribution in [0.2, 0.25) is 0 Å². The van der Waals surface area contributed by atoms with Crippen LogP contribution in [0.5, 0.6) is 0 Å². The Labute approximate surface area is 808 Å². The fourth-order valence-electron chi connectivity index (χ4n) is 13.9. The van der Waals surface area contributed by atoms with Gasteiger partial charge in [-0.1, -0.05) is 275 Å². The summed E-state index contributed by atoms with van der Waals surface area (Å²) in [5, 5.41) is 13.2. The van der Waals surface area contributed by atoms with Gasteiger partial charge in [-0.25, -0.2) is 0 Å². The topological polar surface area (TPSA) is 115 Å². The largest absolute Gasteiger partial charge is 0.512 e. The number of unbranched alkanes of at least 4 members (excludes halogenated alkanes) is 5. The maximum Gasteiger partial charge on any atom is 0.155 e. The number of nitrogens with zero attached hydrogens (tertiary/aromatic N) is 6. The minimum absolute atomic E-state index is 0. The predicted octanol–water partition coefficient (Wildman–Crippen LogP) is 28.8. The molecule has 11 aromatic carbocycles. The molecule has 0 spiro atoms. The van der Waals surface area contributed by atoms with Crippen molar-refractivity contribution in [1.82, 2.24) is 29.9 Å². The molecule has 0 aliphatic rings. The Hall–Kier alpha value is -10.4. The molecule has 0 amide bonds. The van der Waals surface area contributed by atoms with E-state index >= 15 is 0 Å². The molecule has 0 saturated carbocycles. The molecule has 0 fully saturated rings. The van der Waals surface area contributed by atoms with Crippen LogP contribution in [-0.4, -0.2) is 40.8 Å². The number of aromatic nitrogens is 6. The summed E-state index contributed by atoms with van der Waals surface area (Å²) in [6.07, 6.45) is 18.9. The quantitative estimate of drug-likeness (QED) is 0.0391. The molecule has 6 aromatic heterocycles. The number of rotatable bonds is 18. The average Bonchev–Trinajstić information content (AvgIpc) is 0.802. The zero-order valence-electron chi connectivity index (χ0n) is 72.3. The van der Waals surface area contributed by atoms with Crippen molar-refractivity contribution < 1.29 is 110 Å². The SMILES string of the molecule is CC(=O)C=C(C)O.CCCCCCCCc1c[c-]c(-c2ccccn2)cc1.Cc1[c-]c(-c2ccc3ccc(CC(C)C)cc3n2)cc(C)c1.Cc1[c-]c(-c2ccc3ccccc3n2)cc(C)c1.Cc1c(-c2[c-]ccc(-c3ccccc3)c2)ncc2ccccc12.[Ir].[Ir].[Ir].[Ir].[Ir].[c-]1ccc(-c2ccccc2)cc1-c1ccccn1.[c-]1ccccc1-c1ccccn1. The molecule has 0 aliphatic carbocycles. The number of para-hydroxylation sites is 1. The number of benzene rings is 11. The van der Waals surface area contributed by atoms with Crippen LogP contribution in [0.25, 0.3) is 122 Å². The van der Waals surface area contributed by atoms with Gasteiger partial charge in [0.1, 0.15) is 0 Å². The van der Waals surface area contributed by atoms with Crippen molar-refractivity contribution in [3.8, 4) is 89.8 Å². The molecule has 6 heterocycles. The summed E-state index contributed by atoms with van der Waals surface area (Å²) in [5.74, 6) is 0.598. The van der Waals surface area contributed by atoms with E-state index in [2.05, 4.69) is 282 Å². The van der Waals surface area contributed by atoms with Crippen LogP contribution < -0.4 is 0 Å². The number of pyridine rings is 6. The molecule has 1 N–H and O–H groups in total. The van der Waals surface area contributed by atoms with Crippen molar-refractivity contribution in [1.29, 1.82) is 0 Å². The fourth-order valence-corrected chi connectivity index (χ4v) is 13.9. The van der Waals surface area contributed by atoms with Crippen molar-refractivity contribution >= 4 is 38.4 Å². The standard InChI is InChI=1S/C22H16N.C21H22N.C19H24N.C17H14N.C17H12N.C11H8N.C5H8O2.5Ir/c1-16-21-13-6-5-10-20(21)15-23-22(16)19-12-7-11-18(14-19)17-8-3-2-4-9-17;1-14(2)9-17-5-6-18-7-8-20(22-21(18)13-17)19-11-15(3)10-16(4)12-19;1-2-3-4-5-6-7-10-17-12-14-18(15-13-17)19-11-8-9-16-20-19;1-12-9-13(2)11-15(10-12)17-8-7-14-5-3-4-6-16(14)18-17;1-2-7-14(8-3-1)15-9-6-10-16(13-15)17-11-4-5-12-18-17;1-2-6-10(7-3-1)11-8-4-5-9-12-11;1-4(6)3-5(2)7;;;;;/h2-11,13-15H,1H3;5-8,10-11,13-14H,9H2,1-4H3;8-9,11-14,16H,2-7,10H2,1H3;3-10H,1-2H3;1-9,11-13H;1-6,8-9H;3,6H,1-2H3;;;;;/q6*-1;;;;;;. The maximum atomic E-state index is 10.0. The summed E-state index contributed by atoms with van der Waals surface area (Å²) < 4.78 is 0. The number of hydrogen-bond donors (Lipinski definition) is 1. The van der Waals surface area contributed by atoms with Crippen molar-refractivity contribution in [2.75, 3.05) is 0 Å². The summed E-state index contributed by atoms with van der Waals surface area (Å²) in [6, 6.07) is 125. The van der Waals surface area contributed by atoms with E-state index in [1.807, 2.05) is 152 Å². The number of fused-ring (bicyclic) bond motifs is 3. The summed E-state index contributed by atoms with van der Waals surface area (Å²) in [4.78, 5) is 37.2. The zero-order valence-corrected chi connectivity index (χ0v) is 84.2. The third-order valence-electron chi connectivity index (χ3n) is 19.6. The molecular formula is C112H104Ir5N6O2-6. The first-order valence-electron chi connectivity index (χ1n) is 41.3. The second-order valence-electron chi connectivity index (χ2n) is 30.2. The number of carbonyl (C=O) groups is 1. The van der Waals surface area contributed by atoms with Crippen LogP contribution in [0.1, 0.15) is 112 Å². The van der Waals surface area contributed by atoms with Crippen molar-refractivity contribution in [2.45, 2.75) is 121 Å². The molecule has 0 atom stereocenters. The molecule has 0 unspecified atom stereocenters. The van der Waals surface area contributed by atoms with Gasteiger partial charge in [-0.15, -0.1) is 212 Å². The Morgan fingerprint density at radius 1 is 0.384 bits per heavy atom. The molecule has 17 rings (SSSR count). The summed E-state index contributed by atoms with van der Waals surface area (Å²) in [5.41, 5.74) is 27.9. The van der Waals surface area contributed by atoms with Crippen LogP contribution in [0.3, 0.4) is 0 Å². The Balaban J connectivity index is 0.000000228. The van der Waals surface area contributed by atoms with E-state index < -0.39 is 0 Å². The number of ketones is 1. The van der Waals surface area contributed by atoms with E-state index in [0.717, 1.165) is 96.1 Å². The van der Waals surface area contributed by atoms with Crippen molar-refractivity contribution in [3.05, 3.63) is 421 Å². The molecule has 645 valence electrons. The monoisotopic (exact) mass is 2530 g/mol. The third-order valence-corrected chi connectivity index (χ3v) is 19.6. The molecule has 0 bridgehead atoms. The second-order valence-corrected chi connectivity index (χ2v) is 30.2. The molecule has 0 saturated heterocycles. The van der Waals surface area contributed by atoms with Gasteiger partial charge in [0, 0.05) is 131 Å². The van der Waals surface area contributed by atoms with E-state index in [9.17, 15) is 4.79 Å². The van der Waals surface area contributed by atoms with Gasteiger partial charge in [0.2, 0.25) is 0 Å². The van der Waals surface area contributed by atoms with Gasteiger partial charge >= 0.3 is 0 Å². The van der Waals surface area contributed by atoms with E-state index in [-0.39, 0.29) is 112 Å². The smallest absolute Gasteiger partial charge is 0.155 e. The number of hydrogen-bond acceptors (Lipinski definition) is 8. The molecule has 13 heteroatoms. The minimum atomic E-state index is -0.125. The first kappa shape index (κ1) is 103. The Bertz CT molecular complexity index is 5950. The maximum absolute atomic E-state index is 10.0. The van der Waals surface area contributed by atoms with E-state index in [1.54, 1.807) is 12.4 Å². The van der Waals surface area contributed by atoms with Crippen LogP contribution in [0, 0.1) is 76.9 Å². The Morgan fingerprint density at radius 3 is 1.37 bits per heavy atom. The van der Waals surface area contributed by atoms with Gasteiger partial charge in [-0.3, -0.25) is 14.8 Å². The first-order chi connectivity index (χ1) is 58.5. The van der Waals surface area contributed by atoms with E-state index in [4.69, 9.17) is 15.1 Å². The number of carbonyl (C=O) groups excluding carboxylic acids is 1. The first-order valence-corrected chi connectivity index (χ1v) is 41.3. The fraction of sp³-hybridized carbons (Fsp3) is 0.170. The van der Waals surface area contributed by atoms with Crippen LogP contribution in [0.4, 0.5) is 0 Å². The minimum Gasteiger partial charge on any atom is -0.512 e. The second kappa shape index (κ2) is 55.1. The van der Waals surface area contributed by atoms with Gasteiger partial charge in [0.05, 0.1) is 16.8 Å². The average molecular weight is 2530 g/mol. The van der Waals surface area contributed by atoms with E-state index in [1.165, 1.54) is 136 Å². The number of aliphatic hydroxyl groups excluding tert-OH is 1. The molecular weight excluding hydrogens is 2420 g/mol. The van der Waals surface area contributed by atoms with Gasteiger partial charge in [-0.05, 0) is 136 Å². The van der Waals surface area contributed by atoms with Crippen LogP contribution in [0.15, 0.2) is 346 Å². The molecule has 17 aromatic rings. The normalized spacial score (nSPS) is 10.3. The van der Waals surface area contributed by atoms with Gasteiger partial charge in [-0.2, -0.15) is 0 Å². The van der Waals surface area contributed by atoms with Crippen molar-refractivity contribution in [3.63, 3.8) is 0 Å². The number of aliphatic hydroxyl groups is 1. The third kappa shape index (κ3) is 33.4. The Morgan fingerprint density at radius 2 is 0.856 bits per heavy atom. The number of aryl methyl sites for hydroxylation is 6. The molecule has 125 heavy (non-hydrogen) atoms. The predicted molar refractivity (Wildman–Crippen MR) is 501 cm³/mol. The summed E-state index contributed by atoms with van der Waals surface area (Å²) in [7, 11) is 0. The van der Waals surface area contributed by atoms with Crippen LogP contribution in [-0.2, 0) is 118 Å². The van der Waals surface area contributed by atoms with Gasteiger partial charge in [0.25, 0.3) is 0 Å². The number of allylic oxidation sites excluding steroid dienone is 2. The Kier molecular flexibility index (Phi) is 45.6. The molecule has 5 radical (unpaired) electrons. The van der Waals surface area contributed by atoms with Gasteiger partial charge < -0.3 is 25.0 Å². The summed E-state index contributed by atoms with van der Waals surface area (Å²) in [6.45, 7) is 20.1. The molecule has 0 aliphatic heterocycles. The van der Waals surface area contributed by atoms with Crippen LogP contribution >= 0.6 is 0 Å². The zero-order chi connectivity index (χ0) is 84.2. The van der Waals surface area contributed by atoms with Crippen molar-refractivity contribution in [2.24, 2.45) is 5.92 Å². The van der Waals surface area contributed by atoms with Gasteiger partial charge in [0.15, 0.2) is 5.78 Å². The molecule has 8 nitrogen and oxygen atoms in total. The van der Waals surface area contributed by atoms with E-state index in [0.29, 0.717) is 5.92 Å². The summed E-state index contributed by atoms with van der Waals surface area (Å²) >= 11 is 0.